The smallest absolute Gasteiger partial charge is 0.289 e. The molecule has 0 saturated carbocycles. The fraction of sp³-hybridized carbons (Fsp3) is 0.778. The Morgan fingerprint density at radius 1 is 0.944 bits per heavy atom. The van der Waals surface area contributed by atoms with E-state index >= 15 is 0 Å². The van der Waals surface area contributed by atoms with E-state index in [2.05, 4.69) is 6.92 Å². The Bertz CT molecular complexity index is 951. The number of hydrogen-bond donors (Lipinski definition) is 0. The van der Waals surface area contributed by atoms with Crippen LogP contribution in [0.25, 0.3) is 0 Å². The van der Waals surface area contributed by atoms with Gasteiger partial charge in [0.05, 0.1) is 17.1 Å². The molecule has 2 aliphatic rings. The van der Waals surface area contributed by atoms with Crippen LogP contribution in [0.2, 0.25) is 0 Å². The first-order valence-corrected chi connectivity index (χ1v) is 15.2. The van der Waals surface area contributed by atoms with E-state index in [0.29, 0.717) is 0 Å². The number of sulfonamides is 1. The SMILES string of the molecule is CCCCCCCCCCCCCC[C@H]1OC(C)(C)O[C@H]1C1CN1S(=O)(=O)c1ccccc1[N+](=O)[O-]. The number of rotatable bonds is 17. The van der Waals surface area contributed by atoms with Gasteiger partial charge < -0.3 is 9.47 Å². The highest BCUT2D eigenvalue weighted by atomic mass is 32.2. The van der Waals surface area contributed by atoms with E-state index in [0.717, 1.165) is 19.3 Å². The number of unbranched alkanes of at least 4 members (excludes halogenated alkanes) is 11. The maximum atomic E-state index is 13.2. The molecule has 0 bridgehead atoms. The molecule has 0 N–H and O–H groups in total. The van der Waals surface area contributed by atoms with Crippen LogP contribution in [0, 0.1) is 10.1 Å². The summed E-state index contributed by atoms with van der Waals surface area (Å²) in [6, 6.07) is 5.13. The number of para-hydroxylation sites is 1. The number of ether oxygens (including phenoxy) is 2. The van der Waals surface area contributed by atoms with Crippen LogP contribution in [-0.4, -0.2) is 48.2 Å². The van der Waals surface area contributed by atoms with Gasteiger partial charge in [-0.15, -0.1) is 0 Å². The number of nitro benzene ring substituents is 1. The van der Waals surface area contributed by atoms with Crippen LogP contribution < -0.4 is 0 Å². The summed E-state index contributed by atoms with van der Waals surface area (Å²) in [5.74, 6) is -0.775. The molecule has 9 heteroatoms. The van der Waals surface area contributed by atoms with Crippen LogP contribution >= 0.6 is 0 Å². The van der Waals surface area contributed by atoms with Crippen LogP contribution in [0.1, 0.15) is 104 Å². The van der Waals surface area contributed by atoms with E-state index in [-0.39, 0.29) is 29.7 Å². The van der Waals surface area contributed by atoms with Crippen LogP contribution in [0.5, 0.6) is 0 Å². The van der Waals surface area contributed by atoms with Gasteiger partial charge in [-0.1, -0.05) is 96.1 Å². The second kappa shape index (κ2) is 13.3. The number of nitro groups is 1. The Hall–Kier alpha value is -1.55. The van der Waals surface area contributed by atoms with Gasteiger partial charge in [-0.2, -0.15) is 4.31 Å². The summed E-state index contributed by atoms with van der Waals surface area (Å²) in [7, 11) is -3.98. The minimum atomic E-state index is -3.98. The van der Waals surface area contributed by atoms with Gasteiger partial charge in [0, 0.05) is 12.6 Å². The van der Waals surface area contributed by atoms with Crippen molar-refractivity contribution in [3.63, 3.8) is 0 Å². The van der Waals surface area contributed by atoms with E-state index in [1.54, 1.807) is 0 Å². The molecule has 8 nitrogen and oxygen atoms in total. The van der Waals surface area contributed by atoms with E-state index in [9.17, 15) is 18.5 Å². The van der Waals surface area contributed by atoms with Crippen LogP contribution in [0.15, 0.2) is 29.2 Å². The Morgan fingerprint density at radius 3 is 2.08 bits per heavy atom. The molecule has 36 heavy (non-hydrogen) atoms. The van der Waals surface area contributed by atoms with E-state index in [4.69, 9.17) is 9.47 Å². The topological polar surface area (TPSA) is 98.8 Å². The molecule has 0 spiro atoms. The fourth-order valence-corrected chi connectivity index (χ4v) is 6.97. The lowest BCUT2D eigenvalue weighted by molar-refractivity contribution is -0.387. The largest absolute Gasteiger partial charge is 0.345 e. The molecule has 2 saturated heterocycles. The maximum absolute atomic E-state index is 13.2. The molecule has 4 atom stereocenters. The van der Waals surface area contributed by atoms with Crippen LogP contribution in [-0.2, 0) is 19.5 Å². The average Bonchev–Trinajstić information content (AvgIpc) is 3.58. The van der Waals surface area contributed by atoms with Gasteiger partial charge in [0.15, 0.2) is 10.7 Å². The van der Waals surface area contributed by atoms with E-state index in [1.165, 1.54) is 92.8 Å². The van der Waals surface area contributed by atoms with Crippen molar-refractivity contribution in [2.24, 2.45) is 0 Å². The van der Waals surface area contributed by atoms with E-state index < -0.39 is 26.4 Å². The predicted octanol–water partition coefficient (Wildman–Crippen LogP) is 6.58. The Kier molecular flexibility index (Phi) is 10.7. The van der Waals surface area contributed by atoms with Crippen molar-refractivity contribution in [3.8, 4) is 0 Å². The Labute approximate surface area is 216 Å². The van der Waals surface area contributed by atoms with Crippen molar-refractivity contribution in [1.82, 2.24) is 4.31 Å². The summed E-state index contributed by atoms with van der Waals surface area (Å²) < 4.78 is 39.9. The summed E-state index contributed by atoms with van der Waals surface area (Å²) in [4.78, 5) is 10.4. The van der Waals surface area contributed by atoms with Gasteiger partial charge >= 0.3 is 0 Å². The third-order valence-corrected chi connectivity index (χ3v) is 9.13. The number of hydrogen-bond acceptors (Lipinski definition) is 6. The molecule has 3 rings (SSSR count). The van der Waals surface area contributed by atoms with Crippen molar-refractivity contribution >= 4 is 15.7 Å². The van der Waals surface area contributed by atoms with Gasteiger partial charge in [-0.05, 0) is 26.3 Å². The summed E-state index contributed by atoms with van der Waals surface area (Å²) in [6.45, 7) is 6.24. The molecule has 0 aromatic heterocycles. The summed E-state index contributed by atoms with van der Waals surface area (Å²) in [5.41, 5.74) is -0.403. The molecule has 2 unspecified atom stereocenters. The summed E-state index contributed by atoms with van der Waals surface area (Å²) >= 11 is 0. The van der Waals surface area contributed by atoms with Crippen LogP contribution in [0.4, 0.5) is 5.69 Å². The molecule has 2 heterocycles. The van der Waals surface area contributed by atoms with Crippen molar-refractivity contribution in [3.05, 3.63) is 34.4 Å². The molecule has 0 radical (unpaired) electrons. The maximum Gasteiger partial charge on any atom is 0.289 e. The zero-order valence-electron chi connectivity index (χ0n) is 22.2. The van der Waals surface area contributed by atoms with Gasteiger partial charge in [-0.3, -0.25) is 10.1 Å². The van der Waals surface area contributed by atoms with E-state index in [1.807, 2.05) is 13.8 Å². The lowest BCUT2D eigenvalue weighted by Gasteiger charge is -2.17. The highest BCUT2D eigenvalue weighted by Gasteiger charge is 2.57. The van der Waals surface area contributed by atoms with Crippen molar-refractivity contribution in [2.45, 2.75) is 133 Å². The van der Waals surface area contributed by atoms with Crippen molar-refractivity contribution < 1.29 is 22.8 Å². The minimum absolute atomic E-state index is 0.181. The van der Waals surface area contributed by atoms with Gasteiger partial charge in [0.2, 0.25) is 10.0 Å². The highest BCUT2D eigenvalue weighted by molar-refractivity contribution is 7.89. The normalized spacial score (nSPS) is 25.2. The lowest BCUT2D eigenvalue weighted by atomic mass is 10.0. The fourth-order valence-electron chi connectivity index (χ4n) is 5.23. The zero-order chi connectivity index (χ0) is 26.2. The van der Waals surface area contributed by atoms with Crippen molar-refractivity contribution in [2.75, 3.05) is 6.54 Å². The molecular formula is C27H44N2O6S. The monoisotopic (exact) mass is 524 g/mol. The number of benzene rings is 1. The predicted molar refractivity (Wildman–Crippen MR) is 140 cm³/mol. The average molecular weight is 525 g/mol. The Balaban J connectivity index is 1.43. The molecule has 204 valence electrons. The number of nitrogens with zero attached hydrogens (tertiary/aromatic N) is 2. The van der Waals surface area contributed by atoms with Gasteiger partial charge in [-0.25, -0.2) is 8.42 Å². The molecule has 0 aliphatic carbocycles. The molecule has 1 aromatic rings. The summed E-state index contributed by atoms with van der Waals surface area (Å²) in [5, 5.41) is 11.4. The lowest BCUT2D eigenvalue weighted by Crippen LogP contribution is -2.32. The second-order valence-corrected chi connectivity index (χ2v) is 12.5. The van der Waals surface area contributed by atoms with Gasteiger partial charge in [0.25, 0.3) is 5.69 Å². The second-order valence-electron chi connectivity index (χ2n) is 10.7. The molecule has 2 fully saturated rings. The third kappa shape index (κ3) is 7.97. The minimum Gasteiger partial charge on any atom is -0.345 e. The van der Waals surface area contributed by atoms with Gasteiger partial charge in [0.1, 0.15) is 6.10 Å². The standard InChI is InChI=1S/C27H44N2O6S/c1-4-5-6-7-8-9-10-11-12-13-14-15-19-24-26(35-27(2,3)34-24)23-21-28(23)36(32,33)25-20-17-16-18-22(25)29(30)31/h16-18,20,23-24,26H,4-15,19,21H2,1-3H3/t23?,24-,26+,28?/m1/s1. The third-order valence-electron chi connectivity index (χ3n) is 7.19. The molecule has 1 aromatic carbocycles. The summed E-state index contributed by atoms with van der Waals surface area (Å²) in [6.07, 6.45) is 15.6. The molecule has 2 aliphatic heterocycles. The molecule has 0 amide bonds. The first-order chi connectivity index (χ1) is 17.2. The molecular weight excluding hydrogens is 480 g/mol. The quantitative estimate of drug-likeness (QED) is 0.0988. The first-order valence-electron chi connectivity index (χ1n) is 13.8. The first kappa shape index (κ1) is 29.0. The van der Waals surface area contributed by atoms with Crippen LogP contribution in [0.3, 0.4) is 0 Å². The highest BCUT2D eigenvalue weighted by Crippen LogP contribution is 2.42. The zero-order valence-corrected chi connectivity index (χ0v) is 23.0. The van der Waals surface area contributed by atoms with Crippen molar-refractivity contribution in [1.29, 1.82) is 0 Å². The Morgan fingerprint density at radius 2 is 1.50 bits per heavy atom.